The Bertz CT molecular complexity index is 414. The lowest BCUT2D eigenvalue weighted by Crippen LogP contribution is -2.48. The van der Waals surface area contributed by atoms with Gasteiger partial charge in [-0.3, -0.25) is 4.79 Å². The molecule has 0 spiro atoms. The molecule has 2 rings (SSSR count). The molecule has 0 radical (unpaired) electrons. The maximum absolute atomic E-state index is 13.5. The largest absolute Gasteiger partial charge is 0.322 e. The van der Waals surface area contributed by atoms with Crippen LogP contribution in [0.15, 0.2) is 22.7 Å². The molecule has 1 aromatic carbocycles. The molecule has 1 atom stereocenters. The lowest BCUT2D eigenvalue weighted by Gasteiger charge is -2.31. The smallest absolute Gasteiger partial charge is 0.227 e. The van der Waals surface area contributed by atoms with Crippen LogP contribution < -0.4 is 10.6 Å². The predicted octanol–water partition coefficient (Wildman–Crippen LogP) is 2.38. The maximum Gasteiger partial charge on any atom is 0.227 e. The fourth-order valence-corrected chi connectivity index (χ4v) is 2.17. The van der Waals surface area contributed by atoms with E-state index in [4.69, 9.17) is 0 Å². The second kappa shape index (κ2) is 5.14. The molecule has 0 aliphatic carbocycles. The van der Waals surface area contributed by atoms with Gasteiger partial charge in [0.2, 0.25) is 5.91 Å². The van der Waals surface area contributed by atoms with Crippen LogP contribution in [0.5, 0.6) is 0 Å². The topological polar surface area (TPSA) is 41.1 Å². The lowest BCUT2D eigenvalue weighted by atomic mass is 9.88. The van der Waals surface area contributed by atoms with Gasteiger partial charge in [-0.05, 0) is 47.1 Å². The Labute approximate surface area is 108 Å². The van der Waals surface area contributed by atoms with Crippen LogP contribution in [0.4, 0.5) is 10.1 Å². The first-order valence-corrected chi connectivity index (χ1v) is 6.34. The number of amides is 1. The van der Waals surface area contributed by atoms with Crippen LogP contribution in [0.25, 0.3) is 0 Å². The highest BCUT2D eigenvalue weighted by molar-refractivity contribution is 9.10. The molecule has 1 unspecified atom stereocenters. The molecule has 0 saturated carbocycles. The molecule has 0 bridgehead atoms. The molecular weight excluding hydrogens is 287 g/mol. The van der Waals surface area contributed by atoms with Crippen LogP contribution in [0, 0.1) is 17.7 Å². The number of carbonyl (C=O) groups excluding carboxylic acids is 1. The van der Waals surface area contributed by atoms with Crippen molar-refractivity contribution in [2.24, 2.45) is 11.8 Å². The van der Waals surface area contributed by atoms with E-state index < -0.39 is 5.82 Å². The second-order valence-electron chi connectivity index (χ2n) is 4.29. The number of carbonyl (C=O) groups is 1. The zero-order chi connectivity index (χ0) is 12.4. The number of benzene rings is 1. The molecule has 1 heterocycles. The van der Waals surface area contributed by atoms with E-state index in [1.54, 1.807) is 12.1 Å². The van der Waals surface area contributed by atoms with Gasteiger partial charge >= 0.3 is 0 Å². The van der Waals surface area contributed by atoms with Crippen molar-refractivity contribution >= 4 is 27.5 Å². The zero-order valence-electron chi connectivity index (χ0n) is 9.47. The van der Waals surface area contributed by atoms with Crippen LogP contribution in [-0.4, -0.2) is 19.0 Å². The van der Waals surface area contributed by atoms with E-state index in [1.807, 2.05) is 6.92 Å². The van der Waals surface area contributed by atoms with Gasteiger partial charge in [0.15, 0.2) is 0 Å². The SMILES string of the molecule is CC(C(=O)Nc1c(F)cccc1Br)C1CNC1. The summed E-state index contributed by atoms with van der Waals surface area (Å²) in [6.45, 7) is 3.58. The summed E-state index contributed by atoms with van der Waals surface area (Å²) in [6, 6.07) is 4.62. The van der Waals surface area contributed by atoms with E-state index in [0.717, 1.165) is 13.1 Å². The fraction of sp³-hybridized carbons (Fsp3) is 0.417. The van der Waals surface area contributed by atoms with Gasteiger partial charge in [0.05, 0.1) is 5.69 Å². The number of rotatable bonds is 3. The molecule has 0 aromatic heterocycles. The Morgan fingerprint density at radius 3 is 2.82 bits per heavy atom. The van der Waals surface area contributed by atoms with Gasteiger partial charge in [0, 0.05) is 10.4 Å². The average molecular weight is 301 g/mol. The quantitative estimate of drug-likeness (QED) is 0.900. The van der Waals surface area contributed by atoms with E-state index in [0.29, 0.717) is 10.4 Å². The van der Waals surface area contributed by atoms with Crippen molar-refractivity contribution in [1.29, 1.82) is 0 Å². The van der Waals surface area contributed by atoms with E-state index in [2.05, 4.69) is 26.6 Å². The van der Waals surface area contributed by atoms with Crippen LogP contribution in [0.1, 0.15) is 6.92 Å². The fourth-order valence-electron chi connectivity index (χ4n) is 1.73. The highest BCUT2D eigenvalue weighted by Gasteiger charge is 2.29. The Morgan fingerprint density at radius 2 is 2.29 bits per heavy atom. The minimum absolute atomic E-state index is 0.109. The number of halogens is 2. The molecule has 1 aliphatic heterocycles. The monoisotopic (exact) mass is 300 g/mol. The van der Waals surface area contributed by atoms with Crippen molar-refractivity contribution in [2.45, 2.75) is 6.92 Å². The summed E-state index contributed by atoms with van der Waals surface area (Å²) in [7, 11) is 0. The Morgan fingerprint density at radius 1 is 1.59 bits per heavy atom. The van der Waals surface area contributed by atoms with Crippen LogP contribution in [0.2, 0.25) is 0 Å². The number of para-hydroxylation sites is 1. The van der Waals surface area contributed by atoms with E-state index in [1.165, 1.54) is 6.07 Å². The third-order valence-electron chi connectivity index (χ3n) is 3.14. The summed E-state index contributed by atoms with van der Waals surface area (Å²) in [6.07, 6.45) is 0. The number of hydrogen-bond acceptors (Lipinski definition) is 2. The molecule has 17 heavy (non-hydrogen) atoms. The molecule has 1 amide bonds. The van der Waals surface area contributed by atoms with Gasteiger partial charge in [0.1, 0.15) is 5.82 Å². The normalized spacial score (nSPS) is 17.4. The number of nitrogens with one attached hydrogen (secondary N) is 2. The second-order valence-corrected chi connectivity index (χ2v) is 5.15. The molecule has 1 saturated heterocycles. The molecule has 2 N–H and O–H groups in total. The molecule has 1 aromatic rings. The number of hydrogen-bond donors (Lipinski definition) is 2. The van der Waals surface area contributed by atoms with Crippen molar-refractivity contribution in [1.82, 2.24) is 5.32 Å². The Hall–Kier alpha value is -0.940. The van der Waals surface area contributed by atoms with Gasteiger partial charge in [-0.25, -0.2) is 4.39 Å². The highest BCUT2D eigenvalue weighted by atomic mass is 79.9. The number of anilines is 1. The third-order valence-corrected chi connectivity index (χ3v) is 3.81. The summed E-state index contributed by atoms with van der Waals surface area (Å²) in [4.78, 5) is 11.9. The Balaban J connectivity index is 2.07. The molecule has 3 nitrogen and oxygen atoms in total. The van der Waals surface area contributed by atoms with Crippen molar-refractivity contribution in [3.8, 4) is 0 Å². The first kappa shape index (κ1) is 12.5. The van der Waals surface area contributed by atoms with Gasteiger partial charge in [-0.2, -0.15) is 0 Å². The van der Waals surface area contributed by atoms with Crippen LogP contribution >= 0.6 is 15.9 Å². The zero-order valence-corrected chi connectivity index (χ0v) is 11.1. The predicted molar refractivity (Wildman–Crippen MR) is 68.3 cm³/mol. The van der Waals surface area contributed by atoms with Gasteiger partial charge in [-0.15, -0.1) is 0 Å². The molecule has 92 valence electrons. The summed E-state index contributed by atoms with van der Waals surface area (Å²) >= 11 is 3.23. The summed E-state index contributed by atoms with van der Waals surface area (Å²) in [5, 5.41) is 5.76. The van der Waals surface area contributed by atoms with Gasteiger partial charge in [0.25, 0.3) is 0 Å². The van der Waals surface area contributed by atoms with E-state index >= 15 is 0 Å². The first-order valence-electron chi connectivity index (χ1n) is 5.55. The average Bonchev–Trinajstić information content (AvgIpc) is 2.21. The van der Waals surface area contributed by atoms with Crippen LogP contribution in [-0.2, 0) is 4.79 Å². The van der Waals surface area contributed by atoms with Gasteiger partial charge in [-0.1, -0.05) is 13.0 Å². The summed E-state index contributed by atoms with van der Waals surface area (Å²) in [5.74, 6) is -0.322. The van der Waals surface area contributed by atoms with Gasteiger partial charge < -0.3 is 10.6 Å². The molecular formula is C12H14BrFN2O. The summed E-state index contributed by atoms with van der Waals surface area (Å²) in [5.41, 5.74) is 0.219. The van der Waals surface area contributed by atoms with Crippen LogP contribution in [0.3, 0.4) is 0 Å². The highest BCUT2D eigenvalue weighted by Crippen LogP contribution is 2.26. The van der Waals surface area contributed by atoms with E-state index in [-0.39, 0.29) is 17.5 Å². The standard InChI is InChI=1S/C12H14BrFN2O/c1-7(8-5-15-6-8)12(17)16-11-9(13)3-2-4-10(11)14/h2-4,7-8,15H,5-6H2,1H3,(H,16,17). The maximum atomic E-state index is 13.5. The summed E-state index contributed by atoms with van der Waals surface area (Å²) < 4.78 is 14.1. The van der Waals surface area contributed by atoms with Crippen molar-refractivity contribution in [2.75, 3.05) is 18.4 Å². The molecule has 5 heteroatoms. The van der Waals surface area contributed by atoms with Crippen molar-refractivity contribution in [3.05, 3.63) is 28.5 Å². The minimum Gasteiger partial charge on any atom is -0.322 e. The van der Waals surface area contributed by atoms with E-state index in [9.17, 15) is 9.18 Å². The minimum atomic E-state index is -0.424. The van der Waals surface area contributed by atoms with Crippen molar-refractivity contribution in [3.63, 3.8) is 0 Å². The molecule has 1 aliphatic rings. The first-order chi connectivity index (χ1) is 8.09. The third kappa shape index (κ3) is 2.66. The Kier molecular flexibility index (Phi) is 3.79. The molecule has 1 fully saturated rings. The van der Waals surface area contributed by atoms with Crippen molar-refractivity contribution < 1.29 is 9.18 Å². The lowest BCUT2D eigenvalue weighted by molar-refractivity contribution is -0.121.